The maximum Gasteiger partial charge on any atom is 0.159 e. The first-order valence-electron chi connectivity index (χ1n) is 6.57. The van der Waals surface area contributed by atoms with Gasteiger partial charge in [0.2, 0.25) is 0 Å². The maximum atomic E-state index is 4.83. The first-order valence-corrected chi connectivity index (χ1v) is 6.57. The number of hydrogen-bond acceptors (Lipinski definition) is 3. The van der Waals surface area contributed by atoms with Crippen LogP contribution in [0.3, 0.4) is 0 Å². The van der Waals surface area contributed by atoms with Crippen LogP contribution < -0.4 is 5.32 Å². The van der Waals surface area contributed by atoms with E-state index in [1.165, 1.54) is 29.8 Å². The number of rotatable bonds is 2. The molecule has 3 heteroatoms. The average Bonchev–Trinajstić information content (AvgIpc) is 3.16. The third-order valence-corrected chi connectivity index (χ3v) is 3.72. The van der Waals surface area contributed by atoms with Gasteiger partial charge in [-0.1, -0.05) is 30.3 Å². The predicted octanol–water partition coefficient (Wildman–Crippen LogP) is 2.62. The van der Waals surface area contributed by atoms with Crippen LogP contribution in [0, 0.1) is 0 Å². The van der Waals surface area contributed by atoms with Crippen molar-refractivity contribution in [1.29, 1.82) is 0 Å². The van der Waals surface area contributed by atoms with Crippen molar-refractivity contribution in [2.24, 2.45) is 0 Å². The predicted molar refractivity (Wildman–Crippen MR) is 70.0 cm³/mol. The smallest absolute Gasteiger partial charge is 0.159 e. The lowest BCUT2D eigenvalue weighted by molar-refractivity contribution is 0.755. The van der Waals surface area contributed by atoms with Crippen LogP contribution in [0.5, 0.6) is 0 Å². The lowest BCUT2D eigenvalue weighted by atomic mass is 10.1. The minimum Gasteiger partial charge on any atom is -0.307 e. The molecular weight excluding hydrogens is 222 g/mol. The lowest BCUT2D eigenvalue weighted by Crippen LogP contribution is -2.02. The molecule has 1 aromatic carbocycles. The molecule has 2 heterocycles. The Balaban J connectivity index is 1.87. The number of nitrogens with one attached hydrogen (secondary N) is 1. The molecule has 0 atom stereocenters. The fourth-order valence-corrected chi connectivity index (χ4v) is 2.61. The van der Waals surface area contributed by atoms with Gasteiger partial charge < -0.3 is 5.32 Å². The van der Waals surface area contributed by atoms with Gasteiger partial charge in [0, 0.05) is 30.1 Å². The molecule has 1 aliphatic heterocycles. The van der Waals surface area contributed by atoms with Gasteiger partial charge >= 0.3 is 0 Å². The van der Waals surface area contributed by atoms with Crippen molar-refractivity contribution in [2.75, 3.05) is 0 Å². The number of benzene rings is 1. The van der Waals surface area contributed by atoms with E-state index in [0.29, 0.717) is 5.92 Å². The largest absolute Gasteiger partial charge is 0.307 e. The fourth-order valence-electron chi connectivity index (χ4n) is 2.61. The molecule has 2 aromatic rings. The molecule has 1 aliphatic carbocycles. The molecule has 0 spiro atoms. The van der Waals surface area contributed by atoms with Gasteiger partial charge in [0.1, 0.15) is 0 Å². The first kappa shape index (κ1) is 10.2. The van der Waals surface area contributed by atoms with Gasteiger partial charge in [0.05, 0.1) is 11.4 Å². The number of fused-ring (bicyclic) bond motifs is 1. The Labute approximate surface area is 106 Å². The Morgan fingerprint density at radius 1 is 1.00 bits per heavy atom. The van der Waals surface area contributed by atoms with E-state index in [-0.39, 0.29) is 0 Å². The summed E-state index contributed by atoms with van der Waals surface area (Å²) in [7, 11) is 0. The molecule has 90 valence electrons. The topological polar surface area (TPSA) is 37.8 Å². The Kier molecular flexibility index (Phi) is 2.20. The maximum absolute atomic E-state index is 4.83. The first-order chi connectivity index (χ1) is 8.92. The van der Waals surface area contributed by atoms with Gasteiger partial charge in [-0.25, -0.2) is 9.97 Å². The normalized spacial score (nSPS) is 17.8. The van der Waals surface area contributed by atoms with Crippen LogP contribution in [0.1, 0.15) is 35.7 Å². The molecule has 1 saturated carbocycles. The van der Waals surface area contributed by atoms with Crippen LogP contribution in [0.15, 0.2) is 30.3 Å². The monoisotopic (exact) mass is 237 g/mol. The summed E-state index contributed by atoms with van der Waals surface area (Å²) in [6, 6.07) is 10.3. The third kappa shape index (κ3) is 1.63. The summed E-state index contributed by atoms with van der Waals surface area (Å²) in [5, 5.41) is 3.39. The van der Waals surface area contributed by atoms with Crippen molar-refractivity contribution in [3.8, 4) is 11.4 Å². The Hall–Kier alpha value is -1.74. The molecule has 0 unspecified atom stereocenters. The zero-order valence-electron chi connectivity index (χ0n) is 10.2. The Morgan fingerprint density at radius 3 is 2.61 bits per heavy atom. The summed E-state index contributed by atoms with van der Waals surface area (Å²) >= 11 is 0. The molecule has 2 aliphatic rings. The van der Waals surface area contributed by atoms with E-state index in [4.69, 9.17) is 9.97 Å². The highest BCUT2D eigenvalue weighted by Crippen LogP contribution is 2.42. The lowest BCUT2D eigenvalue weighted by Gasteiger charge is -2.08. The molecule has 0 amide bonds. The number of hydrogen-bond donors (Lipinski definition) is 1. The molecule has 0 radical (unpaired) electrons. The van der Waals surface area contributed by atoms with Crippen molar-refractivity contribution in [2.45, 2.75) is 31.8 Å². The van der Waals surface area contributed by atoms with Crippen molar-refractivity contribution in [3.05, 3.63) is 47.3 Å². The molecular formula is C15H15N3. The van der Waals surface area contributed by atoms with Gasteiger partial charge in [0.25, 0.3) is 0 Å². The van der Waals surface area contributed by atoms with Crippen molar-refractivity contribution >= 4 is 0 Å². The second kappa shape index (κ2) is 3.89. The van der Waals surface area contributed by atoms with Crippen molar-refractivity contribution in [3.63, 3.8) is 0 Å². The van der Waals surface area contributed by atoms with Gasteiger partial charge in [-0.15, -0.1) is 0 Å². The highest BCUT2D eigenvalue weighted by molar-refractivity contribution is 5.56. The summed E-state index contributed by atoms with van der Waals surface area (Å²) in [5.74, 6) is 1.57. The molecule has 1 aromatic heterocycles. The van der Waals surface area contributed by atoms with E-state index >= 15 is 0 Å². The summed E-state index contributed by atoms with van der Waals surface area (Å²) in [6.07, 6.45) is 2.58. The molecule has 18 heavy (non-hydrogen) atoms. The number of aromatic nitrogens is 2. The second-order valence-electron chi connectivity index (χ2n) is 5.10. The highest BCUT2D eigenvalue weighted by atomic mass is 15.0. The average molecular weight is 237 g/mol. The van der Waals surface area contributed by atoms with Crippen LogP contribution in [0.2, 0.25) is 0 Å². The summed E-state index contributed by atoms with van der Waals surface area (Å²) in [6.45, 7) is 1.83. The van der Waals surface area contributed by atoms with Crippen molar-refractivity contribution < 1.29 is 0 Å². The zero-order valence-corrected chi connectivity index (χ0v) is 10.2. The molecule has 1 fully saturated rings. The fraction of sp³-hybridized carbons (Fsp3) is 0.333. The van der Waals surface area contributed by atoms with Gasteiger partial charge in [-0.05, 0) is 12.8 Å². The van der Waals surface area contributed by atoms with Gasteiger partial charge in [0.15, 0.2) is 5.82 Å². The van der Waals surface area contributed by atoms with Crippen molar-refractivity contribution in [1.82, 2.24) is 15.3 Å². The Bertz CT molecular complexity index is 588. The van der Waals surface area contributed by atoms with Crippen LogP contribution in [-0.2, 0) is 13.1 Å². The van der Waals surface area contributed by atoms with Crippen LogP contribution in [0.4, 0.5) is 0 Å². The molecule has 1 N–H and O–H groups in total. The quantitative estimate of drug-likeness (QED) is 0.872. The minimum absolute atomic E-state index is 0.684. The van der Waals surface area contributed by atoms with Crippen LogP contribution in [0.25, 0.3) is 11.4 Å². The highest BCUT2D eigenvalue weighted by Gasteiger charge is 2.31. The van der Waals surface area contributed by atoms with E-state index in [1.807, 2.05) is 18.2 Å². The molecule has 0 bridgehead atoms. The minimum atomic E-state index is 0.684. The van der Waals surface area contributed by atoms with E-state index in [2.05, 4.69) is 17.4 Å². The standard InChI is InChI=1S/C15H15N3/c1-2-4-11(5-3-1)15-17-13-9-16-8-12(13)14(18-15)10-6-7-10/h1-5,10,16H,6-9H2. The number of nitrogens with zero attached hydrogens (tertiary/aromatic N) is 2. The van der Waals surface area contributed by atoms with E-state index < -0.39 is 0 Å². The zero-order chi connectivity index (χ0) is 11.9. The summed E-state index contributed by atoms with van der Waals surface area (Å²) in [5.41, 5.74) is 4.97. The van der Waals surface area contributed by atoms with Crippen LogP contribution in [-0.4, -0.2) is 9.97 Å². The molecule has 3 nitrogen and oxygen atoms in total. The summed E-state index contributed by atoms with van der Waals surface area (Å²) in [4.78, 5) is 9.55. The van der Waals surface area contributed by atoms with Gasteiger partial charge in [-0.3, -0.25) is 0 Å². The molecule has 0 saturated heterocycles. The van der Waals surface area contributed by atoms with Gasteiger partial charge in [-0.2, -0.15) is 0 Å². The van der Waals surface area contributed by atoms with E-state index in [1.54, 1.807) is 0 Å². The SMILES string of the molecule is c1ccc(-c2nc3c(c(C4CC4)n2)CNC3)cc1. The summed E-state index contributed by atoms with van der Waals surface area (Å²) < 4.78 is 0. The van der Waals surface area contributed by atoms with E-state index in [9.17, 15) is 0 Å². The van der Waals surface area contributed by atoms with E-state index in [0.717, 1.165) is 24.5 Å². The third-order valence-electron chi connectivity index (χ3n) is 3.72. The molecule has 4 rings (SSSR count). The Morgan fingerprint density at radius 2 is 1.83 bits per heavy atom. The second-order valence-corrected chi connectivity index (χ2v) is 5.10. The van der Waals surface area contributed by atoms with Crippen LogP contribution >= 0.6 is 0 Å².